The van der Waals surface area contributed by atoms with Crippen molar-refractivity contribution < 1.29 is 24.4 Å². The van der Waals surface area contributed by atoms with Crippen LogP contribution in [0.5, 0.6) is 0 Å². The minimum Gasteiger partial charge on any atom is -0.396 e. The normalized spacial score (nSPS) is 28.4. The lowest BCUT2D eigenvalue weighted by molar-refractivity contribution is -0.242. The summed E-state index contributed by atoms with van der Waals surface area (Å²) >= 11 is 0. The molecule has 17 heavy (non-hydrogen) atoms. The Bertz CT molecular complexity index is 239. The van der Waals surface area contributed by atoms with E-state index in [9.17, 15) is 10.2 Å². The van der Waals surface area contributed by atoms with Gasteiger partial charge in [0.1, 0.15) is 0 Å². The van der Waals surface area contributed by atoms with Gasteiger partial charge in [-0.3, -0.25) is 0 Å². The summed E-state index contributed by atoms with van der Waals surface area (Å²) in [5, 5.41) is 19.5. The molecule has 0 bridgehead atoms. The van der Waals surface area contributed by atoms with Gasteiger partial charge in [-0.2, -0.15) is 0 Å². The molecule has 2 rings (SSSR count). The molecule has 1 atom stereocenters. The first-order valence-corrected chi connectivity index (χ1v) is 6.35. The summed E-state index contributed by atoms with van der Waals surface area (Å²) in [7, 11) is 0. The molecule has 5 nitrogen and oxygen atoms in total. The number of ether oxygens (including phenoxy) is 3. The fraction of sp³-hybridized carbons (Fsp3) is 1.00. The van der Waals surface area contributed by atoms with Crippen LogP contribution in [0.4, 0.5) is 0 Å². The molecule has 0 radical (unpaired) electrons. The van der Waals surface area contributed by atoms with Gasteiger partial charge in [0, 0.05) is 24.9 Å². The Kier molecular flexibility index (Phi) is 4.05. The average Bonchev–Trinajstić information content (AvgIpc) is 2.80. The Morgan fingerprint density at radius 1 is 1.18 bits per heavy atom. The van der Waals surface area contributed by atoms with Crippen LogP contribution in [0.2, 0.25) is 0 Å². The maximum Gasteiger partial charge on any atom is 0.168 e. The molecule has 2 N–H and O–H groups in total. The molecular weight excluding hydrogens is 224 g/mol. The highest BCUT2D eigenvalue weighted by Gasteiger charge is 2.49. The summed E-state index contributed by atoms with van der Waals surface area (Å²) in [6.45, 7) is 3.49. The lowest BCUT2D eigenvalue weighted by Crippen LogP contribution is -2.48. The summed E-state index contributed by atoms with van der Waals surface area (Å²) in [6, 6.07) is 0. The van der Waals surface area contributed by atoms with Gasteiger partial charge < -0.3 is 24.4 Å². The minimum atomic E-state index is -0.906. The lowest BCUT2D eigenvalue weighted by atomic mass is 9.72. The average molecular weight is 246 g/mol. The van der Waals surface area contributed by atoms with Crippen molar-refractivity contribution in [3.63, 3.8) is 0 Å². The summed E-state index contributed by atoms with van der Waals surface area (Å²) < 4.78 is 16.5. The quantitative estimate of drug-likeness (QED) is 0.712. The number of aliphatic hydroxyl groups is 2. The van der Waals surface area contributed by atoms with Crippen molar-refractivity contribution in [1.82, 2.24) is 0 Å². The van der Waals surface area contributed by atoms with Gasteiger partial charge >= 0.3 is 0 Å². The first-order valence-electron chi connectivity index (χ1n) is 6.35. The van der Waals surface area contributed by atoms with Crippen LogP contribution in [0.15, 0.2) is 0 Å². The van der Waals surface area contributed by atoms with Crippen LogP contribution in [0.25, 0.3) is 0 Å². The van der Waals surface area contributed by atoms with E-state index in [1.54, 1.807) is 0 Å². The highest BCUT2D eigenvalue weighted by molar-refractivity contribution is 4.92. The van der Waals surface area contributed by atoms with Crippen LogP contribution < -0.4 is 0 Å². The third-order valence-electron chi connectivity index (χ3n) is 3.98. The van der Waals surface area contributed by atoms with E-state index in [1.807, 2.05) is 6.92 Å². The van der Waals surface area contributed by atoms with E-state index in [0.717, 1.165) is 0 Å². The fourth-order valence-electron chi connectivity index (χ4n) is 2.73. The zero-order valence-electron chi connectivity index (χ0n) is 10.4. The van der Waals surface area contributed by atoms with E-state index in [-0.39, 0.29) is 6.61 Å². The zero-order chi connectivity index (χ0) is 12.4. The highest BCUT2D eigenvalue weighted by atomic mass is 16.7. The number of hydrogen-bond acceptors (Lipinski definition) is 5. The summed E-state index contributed by atoms with van der Waals surface area (Å²) in [6.07, 6.45) is 1.82. The number of hydrogen-bond donors (Lipinski definition) is 2. The SMILES string of the molecule is CCOC(O)C1(CO)CCC2(CC1)OCCO2. The maximum absolute atomic E-state index is 9.99. The molecule has 1 aliphatic heterocycles. The lowest BCUT2D eigenvalue weighted by Gasteiger charge is -2.44. The Morgan fingerprint density at radius 2 is 1.76 bits per heavy atom. The molecule has 1 heterocycles. The molecule has 2 aliphatic rings. The van der Waals surface area contributed by atoms with Crippen molar-refractivity contribution in [3.05, 3.63) is 0 Å². The molecule has 0 aromatic heterocycles. The van der Waals surface area contributed by atoms with Crippen LogP contribution >= 0.6 is 0 Å². The zero-order valence-corrected chi connectivity index (χ0v) is 10.4. The van der Waals surface area contributed by atoms with Crippen molar-refractivity contribution in [3.8, 4) is 0 Å². The van der Waals surface area contributed by atoms with Crippen LogP contribution in [0.3, 0.4) is 0 Å². The van der Waals surface area contributed by atoms with E-state index >= 15 is 0 Å². The van der Waals surface area contributed by atoms with Crippen LogP contribution in [-0.2, 0) is 14.2 Å². The molecule has 0 aromatic carbocycles. The predicted molar refractivity (Wildman–Crippen MR) is 60.3 cm³/mol. The second-order valence-corrected chi connectivity index (χ2v) is 4.94. The minimum absolute atomic E-state index is 0.0652. The summed E-state index contributed by atoms with van der Waals surface area (Å²) in [5.41, 5.74) is -0.559. The molecular formula is C12H22O5. The first-order chi connectivity index (χ1) is 8.16. The van der Waals surface area contributed by atoms with Gasteiger partial charge in [-0.15, -0.1) is 0 Å². The largest absolute Gasteiger partial charge is 0.396 e. The second kappa shape index (κ2) is 5.20. The van der Waals surface area contributed by atoms with Gasteiger partial charge in [-0.1, -0.05) is 0 Å². The van der Waals surface area contributed by atoms with Crippen molar-refractivity contribution in [2.75, 3.05) is 26.4 Å². The van der Waals surface area contributed by atoms with Crippen LogP contribution in [-0.4, -0.2) is 48.7 Å². The number of aliphatic hydroxyl groups excluding tert-OH is 2. The third-order valence-corrected chi connectivity index (χ3v) is 3.98. The van der Waals surface area contributed by atoms with Gasteiger partial charge in [0.25, 0.3) is 0 Å². The van der Waals surface area contributed by atoms with Gasteiger partial charge in [-0.25, -0.2) is 0 Å². The molecule has 1 unspecified atom stereocenters. The van der Waals surface area contributed by atoms with E-state index in [1.165, 1.54) is 0 Å². The molecule has 0 amide bonds. The molecule has 0 aromatic rings. The van der Waals surface area contributed by atoms with Crippen molar-refractivity contribution in [2.45, 2.75) is 44.7 Å². The van der Waals surface area contributed by atoms with Gasteiger partial charge in [-0.05, 0) is 19.8 Å². The van der Waals surface area contributed by atoms with Crippen molar-refractivity contribution >= 4 is 0 Å². The molecule has 100 valence electrons. The van der Waals surface area contributed by atoms with E-state index < -0.39 is 17.5 Å². The van der Waals surface area contributed by atoms with E-state index in [2.05, 4.69) is 0 Å². The van der Waals surface area contributed by atoms with Gasteiger partial charge in [0.2, 0.25) is 0 Å². The molecule has 1 aliphatic carbocycles. The van der Waals surface area contributed by atoms with Gasteiger partial charge in [0.15, 0.2) is 12.1 Å². The molecule has 1 saturated carbocycles. The number of rotatable bonds is 4. The van der Waals surface area contributed by atoms with Crippen LogP contribution in [0.1, 0.15) is 32.6 Å². The van der Waals surface area contributed by atoms with Crippen molar-refractivity contribution in [2.24, 2.45) is 5.41 Å². The van der Waals surface area contributed by atoms with Crippen LogP contribution in [0, 0.1) is 5.41 Å². The summed E-state index contributed by atoms with van der Waals surface area (Å²) in [5.74, 6) is -0.468. The third kappa shape index (κ3) is 2.48. The summed E-state index contributed by atoms with van der Waals surface area (Å²) in [4.78, 5) is 0. The molecule has 5 heteroatoms. The Hall–Kier alpha value is -0.200. The Labute approximate surface area is 102 Å². The Balaban J connectivity index is 1.98. The highest BCUT2D eigenvalue weighted by Crippen LogP contribution is 2.46. The van der Waals surface area contributed by atoms with E-state index in [4.69, 9.17) is 14.2 Å². The maximum atomic E-state index is 9.99. The molecule has 2 fully saturated rings. The van der Waals surface area contributed by atoms with Crippen molar-refractivity contribution in [1.29, 1.82) is 0 Å². The predicted octanol–water partition coefficient (Wildman–Crippen LogP) is 0.637. The second-order valence-electron chi connectivity index (χ2n) is 4.94. The molecule has 1 spiro atoms. The van der Waals surface area contributed by atoms with E-state index in [0.29, 0.717) is 45.5 Å². The fourth-order valence-corrected chi connectivity index (χ4v) is 2.73. The smallest absolute Gasteiger partial charge is 0.168 e. The standard InChI is InChI=1S/C12H22O5/c1-2-15-10(14)11(9-13)3-5-12(6-4-11)16-7-8-17-12/h10,13-14H,2-9H2,1H3. The molecule has 1 saturated heterocycles. The monoisotopic (exact) mass is 246 g/mol. The first kappa shape index (κ1) is 13.2. The topological polar surface area (TPSA) is 68.2 Å². The van der Waals surface area contributed by atoms with Gasteiger partial charge in [0.05, 0.1) is 19.8 Å². The Morgan fingerprint density at radius 3 is 2.24 bits per heavy atom.